The van der Waals surface area contributed by atoms with Gasteiger partial charge in [0, 0.05) is 6.92 Å². The minimum Gasteiger partial charge on any atom is -0.493 e. The Hall–Kier alpha value is -1.77. The van der Waals surface area contributed by atoms with Gasteiger partial charge in [0.15, 0.2) is 11.5 Å². The minimum absolute atomic E-state index is 0.208. The maximum Gasteiger partial charge on any atom is 0.352 e. The Morgan fingerprint density at radius 1 is 1.30 bits per heavy atom. The fraction of sp³-hybridized carbons (Fsp3) is 0.231. The largest absolute Gasteiger partial charge is 0.493 e. The Labute approximate surface area is 129 Å². The molecule has 0 bridgehead atoms. The quantitative estimate of drug-likeness (QED) is 0.592. The van der Waals surface area contributed by atoms with Crippen molar-refractivity contribution in [1.82, 2.24) is 5.32 Å². The number of methoxy groups -OCH3 is 2. The Bertz CT molecular complexity index is 568. The van der Waals surface area contributed by atoms with Gasteiger partial charge in [-0.1, -0.05) is 0 Å². The third-order valence-electron chi connectivity index (χ3n) is 2.31. The van der Waals surface area contributed by atoms with Crippen LogP contribution in [-0.2, 0) is 9.59 Å². The predicted molar refractivity (Wildman–Crippen MR) is 81.7 cm³/mol. The molecule has 0 spiro atoms. The van der Waals surface area contributed by atoms with Crippen molar-refractivity contribution in [1.29, 1.82) is 0 Å². The molecule has 20 heavy (non-hydrogen) atoms. The average molecular weight is 391 g/mol. The highest BCUT2D eigenvalue weighted by Crippen LogP contribution is 2.34. The van der Waals surface area contributed by atoms with E-state index in [4.69, 9.17) is 14.6 Å². The first-order valence-electron chi connectivity index (χ1n) is 5.53. The summed E-state index contributed by atoms with van der Waals surface area (Å²) in [5.74, 6) is -0.612. The van der Waals surface area contributed by atoms with Crippen LogP contribution in [0.25, 0.3) is 6.08 Å². The Morgan fingerprint density at radius 2 is 1.95 bits per heavy atom. The van der Waals surface area contributed by atoms with Crippen molar-refractivity contribution in [2.24, 2.45) is 0 Å². The molecule has 0 aliphatic heterocycles. The molecule has 2 N–H and O–H groups in total. The lowest BCUT2D eigenvalue weighted by Gasteiger charge is -2.11. The number of aliphatic carboxylic acids is 1. The molecule has 0 aliphatic rings. The molecule has 1 aromatic carbocycles. The van der Waals surface area contributed by atoms with Crippen LogP contribution in [0.3, 0.4) is 0 Å². The van der Waals surface area contributed by atoms with E-state index in [-0.39, 0.29) is 5.70 Å². The second kappa shape index (κ2) is 7.13. The molecule has 108 valence electrons. The first-order valence-corrected chi connectivity index (χ1v) is 6.61. The molecule has 1 rings (SSSR count). The molecule has 0 radical (unpaired) electrons. The summed E-state index contributed by atoms with van der Waals surface area (Å²) in [6, 6.07) is 3.36. The van der Waals surface area contributed by atoms with E-state index in [0.717, 1.165) is 3.57 Å². The van der Waals surface area contributed by atoms with Crippen molar-refractivity contribution in [3.05, 3.63) is 27.0 Å². The van der Waals surface area contributed by atoms with Crippen LogP contribution >= 0.6 is 22.6 Å². The van der Waals surface area contributed by atoms with Crippen LogP contribution in [0.4, 0.5) is 0 Å². The molecule has 0 fully saturated rings. The van der Waals surface area contributed by atoms with Crippen LogP contribution in [0, 0.1) is 3.57 Å². The normalized spacial score (nSPS) is 10.9. The second-order valence-electron chi connectivity index (χ2n) is 3.78. The van der Waals surface area contributed by atoms with E-state index < -0.39 is 11.9 Å². The maximum atomic E-state index is 11.1. The van der Waals surface area contributed by atoms with Gasteiger partial charge in [-0.05, 0) is 46.4 Å². The van der Waals surface area contributed by atoms with E-state index in [2.05, 4.69) is 27.9 Å². The summed E-state index contributed by atoms with van der Waals surface area (Å²) in [5.41, 5.74) is 0.374. The van der Waals surface area contributed by atoms with Gasteiger partial charge >= 0.3 is 5.97 Å². The number of carboxylic acids is 1. The zero-order valence-corrected chi connectivity index (χ0v) is 13.3. The van der Waals surface area contributed by atoms with Crippen LogP contribution in [0.1, 0.15) is 12.5 Å². The zero-order chi connectivity index (χ0) is 15.3. The van der Waals surface area contributed by atoms with Gasteiger partial charge in [-0.25, -0.2) is 4.79 Å². The van der Waals surface area contributed by atoms with Crippen LogP contribution < -0.4 is 14.8 Å². The van der Waals surface area contributed by atoms with Crippen molar-refractivity contribution in [2.45, 2.75) is 6.92 Å². The van der Waals surface area contributed by atoms with E-state index in [0.29, 0.717) is 17.1 Å². The highest BCUT2D eigenvalue weighted by molar-refractivity contribution is 14.1. The number of carboxylic acid groups (broad SMARTS) is 1. The van der Waals surface area contributed by atoms with E-state index in [1.165, 1.54) is 27.2 Å². The summed E-state index contributed by atoms with van der Waals surface area (Å²) in [7, 11) is 3.02. The van der Waals surface area contributed by atoms with Crippen molar-refractivity contribution >= 4 is 40.5 Å². The first kappa shape index (κ1) is 16.3. The Morgan fingerprint density at radius 3 is 2.40 bits per heavy atom. The van der Waals surface area contributed by atoms with Gasteiger partial charge in [0.2, 0.25) is 5.91 Å². The smallest absolute Gasteiger partial charge is 0.352 e. The number of carbonyl (C=O) groups is 2. The standard InChI is InChI=1S/C13H14INO5/c1-7(16)15-10(13(17)18)5-8-4-9(14)12(20-3)11(6-8)19-2/h4-6H,1-3H3,(H,15,16)(H,17,18)/b10-5+. The fourth-order valence-corrected chi connectivity index (χ4v) is 2.37. The summed E-state index contributed by atoms with van der Waals surface area (Å²) in [6.07, 6.45) is 1.36. The highest BCUT2D eigenvalue weighted by atomic mass is 127. The second-order valence-corrected chi connectivity index (χ2v) is 4.94. The monoisotopic (exact) mass is 391 g/mol. The molecule has 1 aromatic rings. The number of hydrogen-bond acceptors (Lipinski definition) is 4. The van der Waals surface area contributed by atoms with Gasteiger partial charge < -0.3 is 19.9 Å². The molecule has 7 heteroatoms. The Balaban J connectivity index is 3.28. The first-order chi connectivity index (χ1) is 9.38. The molecule has 0 saturated heterocycles. The number of nitrogens with one attached hydrogen (secondary N) is 1. The summed E-state index contributed by atoms with van der Waals surface area (Å²) in [5, 5.41) is 11.3. The molecule has 0 unspecified atom stereocenters. The average Bonchev–Trinajstić information content (AvgIpc) is 2.36. The van der Waals surface area contributed by atoms with Crippen LogP contribution in [0.5, 0.6) is 11.5 Å². The number of ether oxygens (including phenoxy) is 2. The molecule has 0 saturated carbocycles. The molecule has 0 aromatic heterocycles. The van der Waals surface area contributed by atoms with Gasteiger partial charge in [-0.2, -0.15) is 0 Å². The number of hydrogen-bond donors (Lipinski definition) is 2. The third-order valence-corrected chi connectivity index (χ3v) is 3.11. The third kappa shape index (κ3) is 4.12. The lowest BCUT2D eigenvalue weighted by atomic mass is 10.1. The predicted octanol–water partition coefficient (Wildman–Crippen LogP) is 1.87. The van der Waals surface area contributed by atoms with Gasteiger partial charge in [0.25, 0.3) is 0 Å². The lowest BCUT2D eigenvalue weighted by molar-refractivity contribution is -0.134. The van der Waals surface area contributed by atoms with Gasteiger partial charge in [-0.15, -0.1) is 0 Å². The van der Waals surface area contributed by atoms with Crippen molar-refractivity contribution in [3.63, 3.8) is 0 Å². The van der Waals surface area contributed by atoms with Crippen molar-refractivity contribution in [2.75, 3.05) is 14.2 Å². The van der Waals surface area contributed by atoms with E-state index in [1.807, 2.05) is 0 Å². The van der Waals surface area contributed by atoms with Gasteiger partial charge in [0.05, 0.1) is 17.8 Å². The summed E-state index contributed by atoms with van der Waals surface area (Å²) in [6.45, 7) is 1.25. The molecule has 6 nitrogen and oxygen atoms in total. The lowest BCUT2D eigenvalue weighted by Crippen LogP contribution is -2.24. The van der Waals surface area contributed by atoms with Crippen LogP contribution in [0.2, 0.25) is 0 Å². The summed E-state index contributed by atoms with van der Waals surface area (Å²) < 4.78 is 11.2. The number of carbonyl (C=O) groups excluding carboxylic acids is 1. The van der Waals surface area contributed by atoms with E-state index >= 15 is 0 Å². The number of halogens is 1. The van der Waals surface area contributed by atoms with Crippen molar-refractivity contribution < 1.29 is 24.2 Å². The molecule has 0 aliphatic carbocycles. The number of amides is 1. The van der Waals surface area contributed by atoms with E-state index in [9.17, 15) is 9.59 Å². The molecular weight excluding hydrogens is 377 g/mol. The molecule has 0 heterocycles. The number of rotatable bonds is 5. The maximum absolute atomic E-state index is 11.1. The topological polar surface area (TPSA) is 84.9 Å². The molecule has 0 atom stereocenters. The van der Waals surface area contributed by atoms with Gasteiger partial charge in [-0.3, -0.25) is 4.79 Å². The zero-order valence-electron chi connectivity index (χ0n) is 11.2. The minimum atomic E-state index is -1.22. The molecular formula is C13H14INO5. The van der Waals surface area contributed by atoms with E-state index in [1.54, 1.807) is 12.1 Å². The number of benzene rings is 1. The molecule has 1 amide bonds. The summed E-state index contributed by atoms with van der Waals surface area (Å²) in [4.78, 5) is 22.0. The van der Waals surface area contributed by atoms with Crippen LogP contribution in [0.15, 0.2) is 17.8 Å². The van der Waals surface area contributed by atoms with Gasteiger partial charge in [0.1, 0.15) is 5.70 Å². The van der Waals surface area contributed by atoms with Crippen molar-refractivity contribution in [3.8, 4) is 11.5 Å². The SMILES string of the molecule is COc1cc(/C=C(/NC(C)=O)C(=O)O)cc(I)c1OC. The fourth-order valence-electron chi connectivity index (χ4n) is 1.53. The van der Waals surface area contributed by atoms with Crippen LogP contribution in [-0.4, -0.2) is 31.2 Å². The Kier molecular flexibility index (Phi) is 5.81. The summed E-state index contributed by atoms with van der Waals surface area (Å²) >= 11 is 2.06. The highest BCUT2D eigenvalue weighted by Gasteiger charge is 2.13.